The molecule has 0 unspecified atom stereocenters. The Hall–Kier alpha value is -2.99. The van der Waals surface area contributed by atoms with Crippen LogP contribution in [0.2, 0.25) is 0 Å². The fraction of sp³-hybridized carbons (Fsp3) is 0.286. The van der Waals surface area contributed by atoms with Crippen molar-refractivity contribution in [3.8, 4) is 22.6 Å². The summed E-state index contributed by atoms with van der Waals surface area (Å²) in [4.78, 5) is 14.0. The Balaban J connectivity index is 1.85. The quantitative estimate of drug-likeness (QED) is 0.723. The van der Waals surface area contributed by atoms with Gasteiger partial charge in [0.1, 0.15) is 0 Å². The van der Waals surface area contributed by atoms with Gasteiger partial charge in [-0.15, -0.1) is 10.2 Å². The van der Waals surface area contributed by atoms with E-state index in [2.05, 4.69) is 10.2 Å². The maximum Gasteiger partial charge on any atom is 0.253 e. The number of aliphatic hydroxyl groups excluding tert-OH is 1. The van der Waals surface area contributed by atoms with Crippen LogP contribution in [-0.4, -0.2) is 46.3 Å². The lowest BCUT2D eigenvalue weighted by molar-refractivity contribution is 0.0786. The average molecular weight is 365 g/mol. The second-order valence-electron chi connectivity index (χ2n) is 6.54. The first-order valence-corrected chi connectivity index (χ1v) is 8.87. The summed E-state index contributed by atoms with van der Waals surface area (Å²) in [5.41, 5.74) is 4.67. The Morgan fingerprint density at radius 2 is 1.78 bits per heavy atom. The number of aromatic nitrogens is 2. The van der Waals surface area contributed by atoms with Gasteiger partial charge in [0.15, 0.2) is 0 Å². The first-order chi connectivity index (χ1) is 13.0. The Morgan fingerprint density at radius 3 is 2.41 bits per heavy atom. The molecule has 0 aliphatic heterocycles. The summed E-state index contributed by atoms with van der Waals surface area (Å²) in [6, 6.07) is 13.5. The van der Waals surface area contributed by atoms with Crippen LogP contribution < -0.4 is 0 Å². The highest BCUT2D eigenvalue weighted by Gasteiger charge is 2.13. The Morgan fingerprint density at radius 1 is 1.07 bits per heavy atom. The van der Waals surface area contributed by atoms with Gasteiger partial charge in [-0.3, -0.25) is 4.79 Å². The van der Waals surface area contributed by atoms with Crippen molar-refractivity contribution in [1.29, 1.82) is 0 Å². The molecular weight excluding hydrogens is 342 g/mol. The van der Waals surface area contributed by atoms with Crippen LogP contribution in [0, 0.1) is 13.8 Å². The van der Waals surface area contributed by atoms with Crippen LogP contribution >= 0.6 is 0 Å². The first kappa shape index (κ1) is 18.8. The van der Waals surface area contributed by atoms with Crippen molar-refractivity contribution in [1.82, 2.24) is 15.1 Å². The molecule has 0 saturated heterocycles. The van der Waals surface area contributed by atoms with Crippen molar-refractivity contribution in [3.63, 3.8) is 0 Å². The molecule has 1 heterocycles. The molecule has 0 fully saturated rings. The van der Waals surface area contributed by atoms with Crippen molar-refractivity contribution < 1.29 is 14.3 Å². The summed E-state index contributed by atoms with van der Waals surface area (Å²) >= 11 is 0. The predicted molar refractivity (Wildman–Crippen MR) is 103 cm³/mol. The maximum atomic E-state index is 12.4. The molecule has 6 heteroatoms. The number of aryl methyl sites for hydroxylation is 2. The minimum absolute atomic E-state index is 0.0539. The highest BCUT2D eigenvalue weighted by atomic mass is 16.4. The van der Waals surface area contributed by atoms with E-state index in [-0.39, 0.29) is 12.5 Å². The SMILES string of the molecule is Cc1nnc(-c2ccc(C)c(-c3ccc(C(=O)N(C)CCCO)cc3)c2)o1. The van der Waals surface area contributed by atoms with E-state index >= 15 is 0 Å². The molecule has 1 N–H and O–H groups in total. The molecule has 0 saturated carbocycles. The lowest BCUT2D eigenvalue weighted by atomic mass is 9.97. The van der Waals surface area contributed by atoms with Gasteiger partial charge in [0.05, 0.1) is 0 Å². The number of carbonyl (C=O) groups is 1. The highest BCUT2D eigenvalue weighted by Crippen LogP contribution is 2.29. The summed E-state index contributed by atoms with van der Waals surface area (Å²) in [6.07, 6.45) is 0.571. The van der Waals surface area contributed by atoms with Gasteiger partial charge in [0.25, 0.3) is 5.91 Å². The van der Waals surface area contributed by atoms with E-state index in [0.29, 0.717) is 30.3 Å². The van der Waals surface area contributed by atoms with Crippen molar-refractivity contribution in [3.05, 3.63) is 59.5 Å². The first-order valence-electron chi connectivity index (χ1n) is 8.87. The van der Waals surface area contributed by atoms with Crippen molar-refractivity contribution in [2.45, 2.75) is 20.3 Å². The summed E-state index contributed by atoms with van der Waals surface area (Å²) in [5, 5.41) is 16.9. The molecule has 3 aromatic rings. The normalized spacial score (nSPS) is 10.8. The average Bonchev–Trinajstić information content (AvgIpc) is 3.12. The fourth-order valence-electron chi connectivity index (χ4n) is 2.90. The van der Waals surface area contributed by atoms with E-state index in [9.17, 15) is 4.79 Å². The van der Waals surface area contributed by atoms with Gasteiger partial charge in [-0.2, -0.15) is 0 Å². The summed E-state index contributed by atoms with van der Waals surface area (Å²) in [7, 11) is 1.74. The number of hydrogen-bond acceptors (Lipinski definition) is 5. The Bertz CT molecular complexity index is 932. The zero-order chi connectivity index (χ0) is 19.4. The van der Waals surface area contributed by atoms with E-state index in [1.54, 1.807) is 18.9 Å². The molecular formula is C21H23N3O3. The van der Waals surface area contributed by atoms with Gasteiger partial charge < -0.3 is 14.4 Å². The molecule has 0 aliphatic rings. The van der Waals surface area contributed by atoms with Crippen molar-refractivity contribution >= 4 is 5.91 Å². The number of rotatable bonds is 6. The van der Waals surface area contributed by atoms with Gasteiger partial charge in [-0.25, -0.2) is 0 Å². The second kappa shape index (κ2) is 8.14. The van der Waals surface area contributed by atoms with Gasteiger partial charge in [0.2, 0.25) is 11.8 Å². The van der Waals surface area contributed by atoms with Crippen LogP contribution in [0.4, 0.5) is 0 Å². The number of aliphatic hydroxyl groups is 1. The number of amides is 1. The van der Waals surface area contributed by atoms with Gasteiger partial charge in [-0.1, -0.05) is 18.2 Å². The summed E-state index contributed by atoms with van der Waals surface area (Å²) < 4.78 is 5.52. The van der Waals surface area contributed by atoms with E-state index in [1.165, 1.54) is 0 Å². The zero-order valence-corrected chi connectivity index (χ0v) is 15.8. The molecule has 1 amide bonds. The van der Waals surface area contributed by atoms with Gasteiger partial charge in [0, 0.05) is 38.2 Å². The zero-order valence-electron chi connectivity index (χ0n) is 15.8. The number of benzene rings is 2. The summed E-state index contributed by atoms with van der Waals surface area (Å²) in [5.74, 6) is 0.966. The van der Waals surface area contributed by atoms with E-state index in [0.717, 1.165) is 22.3 Å². The molecule has 1 aromatic heterocycles. The third-order valence-electron chi connectivity index (χ3n) is 4.45. The minimum atomic E-state index is -0.0539. The highest BCUT2D eigenvalue weighted by molar-refractivity contribution is 5.94. The largest absolute Gasteiger partial charge is 0.421 e. The smallest absolute Gasteiger partial charge is 0.253 e. The molecule has 0 aliphatic carbocycles. The van der Waals surface area contributed by atoms with Crippen LogP contribution in [0.5, 0.6) is 0 Å². The Labute approximate surface area is 158 Å². The Kier molecular flexibility index (Phi) is 5.66. The topological polar surface area (TPSA) is 79.5 Å². The molecule has 0 bridgehead atoms. The van der Waals surface area contributed by atoms with Crippen molar-refractivity contribution in [2.24, 2.45) is 0 Å². The summed E-state index contributed by atoms with van der Waals surface area (Å²) in [6.45, 7) is 4.41. The van der Waals surface area contributed by atoms with Crippen LogP contribution in [0.25, 0.3) is 22.6 Å². The van der Waals surface area contributed by atoms with Gasteiger partial charge >= 0.3 is 0 Å². The molecule has 6 nitrogen and oxygen atoms in total. The van der Waals surface area contributed by atoms with Crippen LogP contribution in [-0.2, 0) is 0 Å². The van der Waals surface area contributed by atoms with Crippen LogP contribution in [0.15, 0.2) is 46.9 Å². The fourth-order valence-corrected chi connectivity index (χ4v) is 2.90. The number of carbonyl (C=O) groups excluding carboxylic acids is 1. The standard InChI is InChI=1S/C21H23N3O3/c1-14-5-6-18(20-23-22-15(2)27-20)13-19(14)16-7-9-17(10-8-16)21(26)24(3)11-4-12-25/h5-10,13,25H,4,11-12H2,1-3H3. The molecule has 0 radical (unpaired) electrons. The van der Waals surface area contributed by atoms with Crippen LogP contribution in [0.3, 0.4) is 0 Å². The number of hydrogen-bond donors (Lipinski definition) is 1. The van der Waals surface area contributed by atoms with Crippen molar-refractivity contribution in [2.75, 3.05) is 20.2 Å². The van der Waals surface area contributed by atoms with Crippen LogP contribution in [0.1, 0.15) is 28.2 Å². The predicted octanol–water partition coefficient (Wildman–Crippen LogP) is 3.47. The van der Waals surface area contributed by atoms with E-state index in [1.807, 2.05) is 49.4 Å². The molecule has 3 rings (SSSR count). The third-order valence-corrected chi connectivity index (χ3v) is 4.45. The number of nitrogens with zero attached hydrogens (tertiary/aromatic N) is 3. The second-order valence-corrected chi connectivity index (χ2v) is 6.54. The molecule has 0 atom stereocenters. The lowest BCUT2D eigenvalue weighted by Gasteiger charge is -2.17. The van der Waals surface area contributed by atoms with E-state index in [4.69, 9.17) is 9.52 Å². The maximum absolute atomic E-state index is 12.4. The third kappa shape index (κ3) is 4.23. The minimum Gasteiger partial charge on any atom is -0.421 e. The lowest BCUT2D eigenvalue weighted by Crippen LogP contribution is -2.28. The molecule has 0 spiro atoms. The molecule has 27 heavy (non-hydrogen) atoms. The van der Waals surface area contributed by atoms with E-state index < -0.39 is 0 Å². The monoisotopic (exact) mass is 365 g/mol. The van der Waals surface area contributed by atoms with Gasteiger partial charge in [-0.05, 0) is 54.3 Å². The molecule has 140 valence electrons. The molecule has 2 aromatic carbocycles.